The average Bonchev–Trinajstić information content (AvgIpc) is 3.31. The lowest BCUT2D eigenvalue weighted by Crippen LogP contribution is -2.24. The molecule has 2 heterocycles. The van der Waals surface area contributed by atoms with Gasteiger partial charge >= 0.3 is 0 Å². The molecule has 8 heteroatoms. The van der Waals surface area contributed by atoms with E-state index in [1.54, 1.807) is 22.8 Å². The predicted molar refractivity (Wildman–Crippen MR) is 121 cm³/mol. The van der Waals surface area contributed by atoms with Crippen LogP contribution < -0.4 is 5.56 Å². The van der Waals surface area contributed by atoms with E-state index in [9.17, 15) is 9.18 Å². The van der Waals surface area contributed by atoms with Crippen LogP contribution in [0.25, 0.3) is 22.3 Å². The highest BCUT2D eigenvalue weighted by Crippen LogP contribution is 2.24. The van der Waals surface area contributed by atoms with Crippen LogP contribution in [0.15, 0.2) is 93.3 Å². The first-order valence-electron chi connectivity index (χ1n) is 9.92. The van der Waals surface area contributed by atoms with Gasteiger partial charge in [0.15, 0.2) is 5.16 Å². The standard InChI is InChI=1S/C24H17FN4O2S/c25-18-12-10-16(11-13-18)14-29-23(30)19-8-4-5-9-20(19)26-24(29)32-15-21-27-22(28-31-21)17-6-2-1-3-7-17/h1-13H,14-15H2. The minimum atomic E-state index is -0.321. The van der Waals surface area contributed by atoms with Gasteiger partial charge in [-0.25, -0.2) is 9.37 Å². The van der Waals surface area contributed by atoms with E-state index in [4.69, 9.17) is 9.51 Å². The minimum Gasteiger partial charge on any atom is -0.338 e. The molecule has 158 valence electrons. The highest BCUT2D eigenvalue weighted by atomic mass is 32.2. The van der Waals surface area contributed by atoms with Crippen LogP contribution in [0.1, 0.15) is 11.5 Å². The number of halogens is 1. The maximum atomic E-state index is 13.3. The first-order valence-corrected chi connectivity index (χ1v) is 10.9. The number of thioether (sulfide) groups is 1. The molecule has 0 saturated heterocycles. The highest BCUT2D eigenvalue weighted by Gasteiger charge is 2.15. The Balaban J connectivity index is 1.46. The molecule has 0 aliphatic heterocycles. The molecule has 32 heavy (non-hydrogen) atoms. The summed E-state index contributed by atoms with van der Waals surface area (Å²) in [4.78, 5) is 22.3. The lowest BCUT2D eigenvalue weighted by Gasteiger charge is -2.12. The molecule has 0 N–H and O–H groups in total. The van der Waals surface area contributed by atoms with Crippen molar-refractivity contribution < 1.29 is 8.91 Å². The van der Waals surface area contributed by atoms with Crippen molar-refractivity contribution in [1.29, 1.82) is 0 Å². The van der Waals surface area contributed by atoms with Gasteiger partial charge in [0, 0.05) is 5.56 Å². The Morgan fingerprint density at radius 3 is 2.47 bits per heavy atom. The number of nitrogens with zero attached hydrogens (tertiary/aromatic N) is 4. The summed E-state index contributed by atoms with van der Waals surface area (Å²) >= 11 is 1.34. The van der Waals surface area contributed by atoms with Crippen molar-refractivity contribution in [1.82, 2.24) is 19.7 Å². The Labute approximate surface area is 186 Å². The largest absolute Gasteiger partial charge is 0.338 e. The topological polar surface area (TPSA) is 73.8 Å². The summed E-state index contributed by atoms with van der Waals surface area (Å²) in [6.07, 6.45) is 0. The third-order valence-corrected chi connectivity index (χ3v) is 5.87. The lowest BCUT2D eigenvalue weighted by atomic mass is 10.2. The predicted octanol–water partition coefficient (Wildman–Crippen LogP) is 4.93. The maximum absolute atomic E-state index is 13.3. The van der Waals surface area contributed by atoms with Crippen LogP contribution in [0, 0.1) is 5.82 Å². The molecule has 5 rings (SSSR count). The lowest BCUT2D eigenvalue weighted by molar-refractivity contribution is 0.391. The molecule has 0 spiro atoms. The van der Waals surface area contributed by atoms with Crippen molar-refractivity contribution in [3.05, 3.63) is 106 Å². The smallest absolute Gasteiger partial charge is 0.262 e. The van der Waals surface area contributed by atoms with E-state index in [0.717, 1.165) is 11.1 Å². The molecule has 0 aliphatic rings. The van der Waals surface area contributed by atoms with Gasteiger partial charge in [0.05, 0.1) is 23.2 Å². The van der Waals surface area contributed by atoms with Crippen molar-refractivity contribution in [3.8, 4) is 11.4 Å². The van der Waals surface area contributed by atoms with Gasteiger partial charge in [0.1, 0.15) is 5.82 Å². The van der Waals surface area contributed by atoms with Crippen molar-refractivity contribution in [2.75, 3.05) is 0 Å². The molecule has 0 unspecified atom stereocenters. The fourth-order valence-corrected chi connectivity index (χ4v) is 4.15. The Morgan fingerprint density at radius 1 is 0.906 bits per heavy atom. The molecule has 0 bridgehead atoms. The van der Waals surface area contributed by atoms with Crippen molar-refractivity contribution >= 4 is 22.7 Å². The van der Waals surface area contributed by atoms with E-state index in [1.165, 1.54) is 23.9 Å². The van der Waals surface area contributed by atoms with Gasteiger partial charge in [-0.1, -0.05) is 71.5 Å². The number of para-hydroxylation sites is 1. The fourth-order valence-electron chi connectivity index (χ4n) is 3.31. The molecule has 3 aromatic carbocycles. The second kappa shape index (κ2) is 8.76. The molecule has 0 aliphatic carbocycles. The monoisotopic (exact) mass is 444 g/mol. The van der Waals surface area contributed by atoms with Gasteiger partial charge in [-0.2, -0.15) is 4.98 Å². The van der Waals surface area contributed by atoms with Crippen LogP contribution in [0.2, 0.25) is 0 Å². The van der Waals surface area contributed by atoms with Crippen molar-refractivity contribution in [3.63, 3.8) is 0 Å². The number of rotatable bonds is 6. The number of fused-ring (bicyclic) bond motifs is 1. The summed E-state index contributed by atoms with van der Waals surface area (Å²) in [6, 6.07) is 22.9. The van der Waals surface area contributed by atoms with Crippen LogP contribution in [-0.2, 0) is 12.3 Å². The quantitative estimate of drug-likeness (QED) is 0.273. The molecule has 0 saturated carbocycles. The second-order valence-corrected chi connectivity index (χ2v) is 8.04. The van der Waals surface area contributed by atoms with Gasteiger partial charge < -0.3 is 4.52 Å². The van der Waals surface area contributed by atoms with Crippen LogP contribution in [-0.4, -0.2) is 19.7 Å². The van der Waals surface area contributed by atoms with Gasteiger partial charge in [-0.15, -0.1) is 0 Å². The van der Waals surface area contributed by atoms with E-state index in [2.05, 4.69) is 10.1 Å². The summed E-state index contributed by atoms with van der Waals surface area (Å²) < 4.78 is 20.3. The van der Waals surface area contributed by atoms with E-state index < -0.39 is 0 Å². The molecule has 6 nitrogen and oxygen atoms in total. The maximum Gasteiger partial charge on any atom is 0.262 e. The molecule has 2 aromatic heterocycles. The Morgan fingerprint density at radius 2 is 1.66 bits per heavy atom. The average molecular weight is 444 g/mol. The van der Waals surface area contributed by atoms with E-state index in [1.807, 2.05) is 48.5 Å². The van der Waals surface area contributed by atoms with Gasteiger partial charge in [0.25, 0.3) is 5.56 Å². The zero-order valence-electron chi connectivity index (χ0n) is 16.8. The summed E-state index contributed by atoms with van der Waals surface area (Å²) in [5.41, 5.74) is 2.13. The highest BCUT2D eigenvalue weighted by molar-refractivity contribution is 7.98. The molecule has 0 radical (unpaired) electrons. The first-order chi connectivity index (χ1) is 15.7. The zero-order chi connectivity index (χ0) is 21.9. The fraction of sp³-hybridized carbons (Fsp3) is 0.0833. The van der Waals surface area contributed by atoms with Gasteiger partial charge in [-0.05, 0) is 29.8 Å². The molecular formula is C24H17FN4O2S. The Kier molecular flexibility index (Phi) is 5.51. The summed E-state index contributed by atoms with van der Waals surface area (Å²) in [5, 5.41) is 5.10. The Bertz CT molecular complexity index is 1430. The number of hydrogen-bond donors (Lipinski definition) is 0. The summed E-state index contributed by atoms with van der Waals surface area (Å²) in [6.45, 7) is 0.276. The third-order valence-electron chi connectivity index (χ3n) is 4.91. The number of hydrogen-bond acceptors (Lipinski definition) is 6. The van der Waals surface area contributed by atoms with Crippen LogP contribution in [0.3, 0.4) is 0 Å². The third kappa shape index (κ3) is 4.17. The number of aromatic nitrogens is 4. The molecular weight excluding hydrogens is 427 g/mol. The molecule has 0 atom stereocenters. The van der Waals surface area contributed by atoms with Crippen LogP contribution in [0.4, 0.5) is 4.39 Å². The second-order valence-electron chi connectivity index (χ2n) is 7.10. The van der Waals surface area contributed by atoms with Crippen molar-refractivity contribution in [2.45, 2.75) is 17.5 Å². The SMILES string of the molecule is O=c1c2ccccc2nc(SCc2nc(-c3ccccc3)no2)n1Cc1ccc(F)cc1. The molecule has 0 fully saturated rings. The van der Waals surface area contributed by atoms with E-state index in [-0.39, 0.29) is 17.9 Å². The van der Waals surface area contributed by atoms with Crippen molar-refractivity contribution in [2.24, 2.45) is 0 Å². The number of benzene rings is 3. The van der Waals surface area contributed by atoms with Crippen LogP contribution in [0.5, 0.6) is 0 Å². The minimum absolute atomic E-state index is 0.155. The summed E-state index contributed by atoms with van der Waals surface area (Å²) in [5.74, 6) is 0.979. The van der Waals surface area contributed by atoms with Gasteiger partial charge in [-0.3, -0.25) is 9.36 Å². The first kappa shape index (κ1) is 20.1. The zero-order valence-corrected chi connectivity index (χ0v) is 17.6. The summed E-state index contributed by atoms with van der Waals surface area (Å²) in [7, 11) is 0. The molecule has 5 aromatic rings. The molecule has 0 amide bonds. The van der Waals surface area contributed by atoms with E-state index in [0.29, 0.717) is 33.5 Å². The van der Waals surface area contributed by atoms with Crippen LogP contribution >= 0.6 is 11.8 Å². The Hall–Kier alpha value is -3.78. The van der Waals surface area contributed by atoms with E-state index >= 15 is 0 Å². The van der Waals surface area contributed by atoms with Gasteiger partial charge in [0.2, 0.25) is 11.7 Å². The normalized spacial score (nSPS) is 11.2.